The molecule has 3 rings (SSSR count). The van der Waals surface area contributed by atoms with Crippen molar-refractivity contribution in [2.45, 2.75) is 19.8 Å². The standard InChI is InChI=1S/C17H19N3O2S/c1-11-14(4-5-15(19-11)13-6-8-23-10-13)17(22)20-7-2-3-12(9-20)16(18)21/h4-6,8,10,12H,2-3,7,9H2,1H3,(H2,18,21)/t12-/m1/s1. The van der Waals surface area contributed by atoms with E-state index in [2.05, 4.69) is 4.98 Å². The summed E-state index contributed by atoms with van der Waals surface area (Å²) in [6.07, 6.45) is 1.56. The molecule has 0 spiro atoms. The molecule has 0 saturated carbocycles. The van der Waals surface area contributed by atoms with Crippen molar-refractivity contribution < 1.29 is 9.59 Å². The summed E-state index contributed by atoms with van der Waals surface area (Å²) >= 11 is 1.62. The Bertz CT molecular complexity index is 727. The van der Waals surface area contributed by atoms with E-state index < -0.39 is 0 Å². The Hall–Kier alpha value is -2.21. The van der Waals surface area contributed by atoms with Gasteiger partial charge in [0.15, 0.2) is 0 Å². The highest BCUT2D eigenvalue weighted by atomic mass is 32.1. The molecule has 0 aromatic carbocycles. The van der Waals surface area contributed by atoms with Gasteiger partial charge in [0.2, 0.25) is 5.91 Å². The van der Waals surface area contributed by atoms with Crippen LogP contribution in [0.5, 0.6) is 0 Å². The molecule has 1 aliphatic heterocycles. The number of hydrogen-bond donors (Lipinski definition) is 1. The summed E-state index contributed by atoms with van der Waals surface area (Å²) in [7, 11) is 0. The lowest BCUT2D eigenvalue weighted by Crippen LogP contribution is -2.44. The van der Waals surface area contributed by atoms with Crippen molar-refractivity contribution in [3.63, 3.8) is 0 Å². The Balaban J connectivity index is 1.81. The number of aromatic nitrogens is 1. The van der Waals surface area contributed by atoms with Gasteiger partial charge in [0.05, 0.1) is 22.9 Å². The summed E-state index contributed by atoms with van der Waals surface area (Å²) in [4.78, 5) is 30.4. The predicted octanol–water partition coefficient (Wildman–Crippen LogP) is 2.46. The first-order valence-electron chi connectivity index (χ1n) is 7.65. The van der Waals surface area contributed by atoms with Crippen molar-refractivity contribution in [3.8, 4) is 11.3 Å². The van der Waals surface area contributed by atoms with Gasteiger partial charge in [-0.15, -0.1) is 0 Å². The number of carbonyl (C=O) groups excluding carboxylic acids is 2. The molecule has 1 atom stereocenters. The number of nitrogens with two attached hydrogens (primary N) is 1. The third-order valence-electron chi connectivity index (χ3n) is 4.24. The molecule has 6 heteroatoms. The monoisotopic (exact) mass is 329 g/mol. The van der Waals surface area contributed by atoms with E-state index >= 15 is 0 Å². The van der Waals surface area contributed by atoms with Gasteiger partial charge in [-0.2, -0.15) is 11.3 Å². The minimum atomic E-state index is -0.329. The number of hydrogen-bond acceptors (Lipinski definition) is 4. The maximum absolute atomic E-state index is 12.7. The molecule has 3 heterocycles. The van der Waals surface area contributed by atoms with Crippen LogP contribution in [-0.2, 0) is 4.79 Å². The second-order valence-corrected chi connectivity index (χ2v) is 6.61. The summed E-state index contributed by atoms with van der Waals surface area (Å²) in [6.45, 7) is 2.91. The van der Waals surface area contributed by atoms with Crippen LogP contribution in [-0.4, -0.2) is 34.8 Å². The van der Waals surface area contributed by atoms with E-state index in [1.165, 1.54) is 0 Å². The molecular formula is C17H19N3O2S. The van der Waals surface area contributed by atoms with E-state index in [4.69, 9.17) is 5.73 Å². The Morgan fingerprint density at radius 2 is 2.17 bits per heavy atom. The molecule has 2 aromatic rings. The molecule has 0 radical (unpaired) electrons. The van der Waals surface area contributed by atoms with Crippen LogP contribution in [0.25, 0.3) is 11.3 Å². The number of thiophene rings is 1. The number of likely N-dealkylation sites (tertiary alicyclic amines) is 1. The summed E-state index contributed by atoms with van der Waals surface area (Å²) in [5.74, 6) is -0.644. The number of nitrogens with zero attached hydrogens (tertiary/aromatic N) is 2. The van der Waals surface area contributed by atoms with Crippen molar-refractivity contribution in [1.82, 2.24) is 9.88 Å². The van der Waals surface area contributed by atoms with Crippen LogP contribution in [0.3, 0.4) is 0 Å². The zero-order valence-electron chi connectivity index (χ0n) is 13.0. The number of rotatable bonds is 3. The zero-order chi connectivity index (χ0) is 16.4. The third kappa shape index (κ3) is 3.27. The van der Waals surface area contributed by atoms with Crippen molar-refractivity contribution in [1.29, 1.82) is 0 Å². The highest BCUT2D eigenvalue weighted by Gasteiger charge is 2.28. The van der Waals surface area contributed by atoms with Gasteiger partial charge in [-0.3, -0.25) is 14.6 Å². The quantitative estimate of drug-likeness (QED) is 0.940. The van der Waals surface area contributed by atoms with Gasteiger partial charge in [0.1, 0.15) is 0 Å². The fourth-order valence-electron chi connectivity index (χ4n) is 2.92. The molecule has 23 heavy (non-hydrogen) atoms. The fourth-order valence-corrected chi connectivity index (χ4v) is 3.57. The van der Waals surface area contributed by atoms with E-state index in [0.29, 0.717) is 24.3 Å². The maximum atomic E-state index is 12.7. The number of piperidine rings is 1. The number of carbonyl (C=O) groups is 2. The molecule has 0 bridgehead atoms. The van der Waals surface area contributed by atoms with Crippen molar-refractivity contribution in [2.24, 2.45) is 11.7 Å². The second-order valence-electron chi connectivity index (χ2n) is 5.83. The van der Waals surface area contributed by atoms with Crippen LogP contribution in [0.2, 0.25) is 0 Å². The maximum Gasteiger partial charge on any atom is 0.255 e. The van der Waals surface area contributed by atoms with Gasteiger partial charge in [-0.25, -0.2) is 0 Å². The van der Waals surface area contributed by atoms with Crippen LogP contribution in [0.4, 0.5) is 0 Å². The van der Waals surface area contributed by atoms with E-state index in [1.54, 1.807) is 16.2 Å². The minimum absolute atomic E-state index is 0.0715. The van der Waals surface area contributed by atoms with Gasteiger partial charge in [0.25, 0.3) is 5.91 Å². The molecule has 1 saturated heterocycles. The Morgan fingerprint density at radius 3 is 2.83 bits per heavy atom. The van der Waals surface area contributed by atoms with Crippen molar-refractivity contribution in [2.75, 3.05) is 13.1 Å². The first kappa shape index (κ1) is 15.7. The number of aryl methyl sites for hydroxylation is 1. The van der Waals surface area contributed by atoms with Crippen LogP contribution in [0, 0.1) is 12.8 Å². The minimum Gasteiger partial charge on any atom is -0.369 e. The molecule has 2 aromatic heterocycles. The molecule has 120 valence electrons. The smallest absolute Gasteiger partial charge is 0.255 e. The SMILES string of the molecule is Cc1nc(-c2ccsc2)ccc1C(=O)N1CCC[C@@H](C(N)=O)C1. The first-order valence-corrected chi connectivity index (χ1v) is 8.59. The first-order chi connectivity index (χ1) is 11.1. The van der Waals surface area contributed by atoms with Crippen molar-refractivity contribution >= 4 is 23.2 Å². The van der Waals surface area contributed by atoms with E-state index in [9.17, 15) is 9.59 Å². The molecule has 5 nitrogen and oxygen atoms in total. The molecule has 0 aliphatic carbocycles. The molecule has 1 aliphatic rings. The van der Waals surface area contributed by atoms with E-state index in [1.807, 2.05) is 35.9 Å². The Morgan fingerprint density at radius 1 is 1.35 bits per heavy atom. The summed E-state index contributed by atoms with van der Waals surface area (Å²) in [5, 5.41) is 4.04. The van der Waals surface area contributed by atoms with Gasteiger partial charge < -0.3 is 10.6 Å². The highest BCUT2D eigenvalue weighted by molar-refractivity contribution is 7.08. The molecule has 1 fully saturated rings. The topological polar surface area (TPSA) is 76.3 Å². The van der Waals surface area contributed by atoms with Crippen molar-refractivity contribution in [3.05, 3.63) is 40.2 Å². The van der Waals surface area contributed by atoms with E-state index in [0.717, 1.165) is 24.1 Å². The van der Waals surface area contributed by atoms with E-state index in [-0.39, 0.29) is 17.7 Å². The third-order valence-corrected chi connectivity index (χ3v) is 4.93. The lowest BCUT2D eigenvalue weighted by Gasteiger charge is -2.31. The number of primary amides is 1. The molecule has 0 unspecified atom stereocenters. The number of amides is 2. The number of pyridine rings is 1. The lowest BCUT2D eigenvalue weighted by atomic mass is 9.96. The molecule has 2 amide bonds. The van der Waals surface area contributed by atoms with Gasteiger partial charge >= 0.3 is 0 Å². The van der Waals surface area contributed by atoms with Gasteiger partial charge in [0, 0.05) is 24.0 Å². The van der Waals surface area contributed by atoms with Crippen LogP contribution in [0.15, 0.2) is 29.0 Å². The summed E-state index contributed by atoms with van der Waals surface area (Å²) < 4.78 is 0. The predicted molar refractivity (Wildman–Crippen MR) is 90.1 cm³/mol. The Labute approximate surface area is 139 Å². The fraction of sp³-hybridized carbons (Fsp3) is 0.353. The normalized spacial score (nSPS) is 18.0. The van der Waals surface area contributed by atoms with Gasteiger partial charge in [-0.05, 0) is 43.3 Å². The molecule has 2 N–H and O–H groups in total. The average molecular weight is 329 g/mol. The molecular weight excluding hydrogens is 310 g/mol. The zero-order valence-corrected chi connectivity index (χ0v) is 13.8. The van der Waals surface area contributed by atoms with Gasteiger partial charge in [-0.1, -0.05) is 0 Å². The average Bonchev–Trinajstić information content (AvgIpc) is 3.08. The Kier molecular flexibility index (Phi) is 4.43. The summed E-state index contributed by atoms with van der Waals surface area (Å²) in [5.41, 5.74) is 8.61. The second kappa shape index (κ2) is 6.50. The largest absolute Gasteiger partial charge is 0.369 e. The lowest BCUT2D eigenvalue weighted by molar-refractivity contribution is -0.123. The van der Waals surface area contributed by atoms with Crippen LogP contribution >= 0.6 is 11.3 Å². The van der Waals surface area contributed by atoms with Crippen LogP contribution < -0.4 is 5.73 Å². The highest BCUT2D eigenvalue weighted by Crippen LogP contribution is 2.23. The summed E-state index contributed by atoms with van der Waals surface area (Å²) in [6, 6.07) is 5.71. The van der Waals surface area contributed by atoms with Crippen LogP contribution in [0.1, 0.15) is 28.9 Å².